The second-order valence-corrected chi connectivity index (χ2v) is 4.67. The summed E-state index contributed by atoms with van der Waals surface area (Å²) in [5.74, 6) is 0.121. The lowest BCUT2D eigenvalue weighted by molar-refractivity contribution is 0.299. The third kappa shape index (κ3) is 2.17. The molecule has 1 saturated carbocycles. The Balaban J connectivity index is 2.02. The van der Waals surface area contributed by atoms with Gasteiger partial charge in [-0.2, -0.15) is 15.0 Å². The third-order valence-corrected chi connectivity index (χ3v) is 3.22. The Hall–Kier alpha value is -1.43. The summed E-state index contributed by atoms with van der Waals surface area (Å²) in [5.41, 5.74) is 0.548. The first-order chi connectivity index (χ1) is 8.24. The normalized spacial score (nSPS) is 14.9. The summed E-state index contributed by atoms with van der Waals surface area (Å²) in [5, 5.41) is 7.92. The van der Waals surface area contributed by atoms with E-state index in [9.17, 15) is 4.39 Å². The van der Waals surface area contributed by atoms with Crippen LogP contribution in [-0.4, -0.2) is 21.1 Å². The standard InChI is InChI=1S/C11H9BrFN3O/c12-11-9(13)5-7(16-14-3-4-15-16)6-10(11)17-8-1-2-8/h3-6,8H,1-2H2. The van der Waals surface area contributed by atoms with Crippen LogP contribution in [0.15, 0.2) is 29.0 Å². The van der Waals surface area contributed by atoms with E-state index in [-0.39, 0.29) is 11.9 Å². The number of nitrogens with zero attached hydrogens (tertiary/aromatic N) is 3. The minimum atomic E-state index is -0.379. The summed E-state index contributed by atoms with van der Waals surface area (Å²) in [7, 11) is 0. The molecule has 1 aromatic carbocycles. The van der Waals surface area contributed by atoms with Gasteiger partial charge in [0.2, 0.25) is 0 Å². The van der Waals surface area contributed by atoms with Gasteiger partial charge in [-0.1, -0.05) is 0 Å². The van der Waals surface area contributed by atoms with Gasteiger partial charge in [0, 0.05) is 12.1 Å². The Morgan fingerprint density at radius 3 is 2.65 bits per heavy atom. The van der Waals surface area contributed by atoms with E-state index >= 15 is 0 Å². The molecule has 0 amide bonds. The highest BCUT2D eigenvalue weighted by Gasteiger charge is 2.25. The predicted octanol–water partition coefficient (Wildman–Crippen LogP) is 2.71. The zero-order chi connectivity index (χ0) is 11.8. The molecule has 1 aromatic heterocycles. The van der Waals surface area contributed by atoms with Crippen LogP contribution < -0.4 is 4.74 Å². The monoisotopic (exact) mass is 297 g/mol. The third-order valence-electron chi connectivity index (χ3n) is 2.45. The van der Waals surface area contributed by atoms with Gasteiger partial charge in [-0.15, -0.1) is 0 Å². The van der Waals surface area contributed by atoms with Crippen LogP contribution in [0, 0.1) is 5.82 Å². The summed E-state index contributed by atoms with van der Waals surface area (Å²) in [6, 6.07) is 3.09. The largest absolute Gasteiger partial charge is 0.489 e. The number of hydrogen-bond acceptors (Lipinski definition) is 3. The van der Waals surface area contributed by atoms with E-state index in [0.29, 0.717) is 15.9 Å². The van der Waals surface area contributed by atoms with E-state index in [1.807, 2.05) is 0 Å². The summed E-state index contributed by atoms with van der Waals surface area (Å²) in [6.07, 6.45) is 5.35. The Morgan fingerprint density at radius 2 is 2.00 bits per heavy atom. The second-order valence-electron chi connectivity index (χ2n) is 3.88. The summed E-state index contributed by atoms with van der Waals surface area (Å²) in [6.45, 7) is 0. The van der Waals surface area contributed by atoms with Crippen molar-refractivity contribution in [3.05, 3.63) is 34.8 Å². The highest BCUT2D eigenvalue weighted by Crippen LogP contribution is 2.35. The number of benzene rings is 1. The van der Waals surface area contributed by atoms with Crippen molar-refractivity contribution in [3.8, 4) is 11.4 Å². The van der Waals surface area contributed by atoms with Gasteiger partial charge in [-0.05, 0) is 28.8 Å². The van der Waals surface area contributed by atoms with E-state index in [1.54, 1.807) is 18.5 Å². The Bertz CT molecular complexity index is 540. The van der Waals surface area contributed by atoms with Crippen molar-refractivity contribution < 1.29 is 9.13 Å². The fraction of sp³-hybridized carbons (Fsp3) is 0.273. The quantitative estimate of drug-likeness (QED) is 0.874. The average Bonchev–Trinajstić information content (AvgIpc) is 2.96. The molecule has 88 valence electrons. The molecular formula is C11H9BrFN3O. The molecular weight excluding hydrogens is 289 g/mol. The highest BCUT2D eigenvalue weighted by atomic mass is 79.9. The number of rotatable bonds is 3. The topological polar surface area (TPSA) is 39.9 Å². The maximum Gasteiger partial charge on any atom is 0.143 e. The molecule has 0 N–H and O–H groups in total. The Labute approximate surface area is 106 Å². The first-order valence-electron chi connectivity index (χ1n) is 5.26. The van der Waals surface area contributed by atoms with Crippen LogP contribution in [-0.2, 0) is 0 Å². The molecule has 0 bridgehead atoms. The van der Waals surface area contributed by atoms with Crippen LogP contribution in [0.4, 0.5) is 4.39 Å². The molecule has 17 heavy (non-hydrogen) atoms. The van der Waals surface area contributed by atoms with Crippen LogP contribution in [0.25, 0.3) is 5.69 Å². The molecule has 0 spiro atoms. The van der Waals surface area contributed by atoms with Crippen LogP contribution in [0.3, 0.4) is 0 Å². The van der Waals surface area contributed by atoms with Gasteiger partial charge in [0.05, 0.1) is 28.7 Å². The maximum atomic E-state index is 13.7. The molecule has 0 unspecified atom stereocenters. The second kappa shape index (κ2) is 4.10. The molecule has 1 fully saturated rings. The first-order valence-corrected chi connectivity index (χ1v) is 6.06. The zero-order valence-corrected chi connectivity index (χ0v) is 10.4. The van der Waals surface area contributed by atoms with E-state index in [4.69, 9.17) is 4.74 Å². The minimum Gasteiger partial charge on any atom is -0.489 e. The number of halogens is 2. The van der Waals surface area contributed by atoms with E-state index in [1.165, 1.54) is 10.9 Å². The lowest BCUT2D eigenvalue weighted by Crippen LogP contribution is -2.03. The van der Waals surface area contributed by atoms with E-state index in [2.05, 4.69) is 26.1 Å². The van der Waals surface area contributed by atoms with Gasteiger partial charge in [-0.25, -0.2) is 4.39 Å². The Kier molecular flexibility index (Phi) is 2.58. The molecule has 3 rings (SSSR count). The van der Waals surface area contributed by atoms with Crippen molar-refractivity contribution >= 4 is 15.9 Å². The minimum absolute atomic E-state index is 0.214. The molecule has 1 aliphatic rings. The predicted molar refractivity (Wildman–Crippen MR) is 62.7 cm³/mol. The molecule has 1 heterocycles. The van der Waals surface area contributed by atoms with Gasteiger partial charge >= 0.3 is 0 Å². The molecule has 0 saturated heterocycles. The van der Waals surface area contributed by atoms with E-state index in [0.717, 1.165) is 12.8 Å². The zero-order valence-electron chi connectivity index (χ0n) is 8.81. The molecule has 0 radical (unpaired) electrons. The lowest BCUT2D eigenvalue weighted by Gasteiger charge is -2.09. The highest BCUT2D eigenvalue weighted by molar-refractivity contribution is 9.10. The van der Waals surface area contributed by atoms with E-state index < -0.39 is 0 Å². The molecule has 0 aliphatic heterocycles. The van der Waals surface area contributed by atoms with Gasteiger partial charge in [0.25, 0.3) is 0 Å². The number of ether oxygens (including phenoxy) is 1. The summed E-state index contributed by atoms with van der Waals surface area (Å²) >= 11 is 3.18. The van der Waals surface area contributed by atoms with Crippen LogP contribution in [0.1, 0.15) is 12.8 Å². The average molecular weight is 298 g/mol. The number of aromatic nitrogens is 3. The Morgan fingerprint density at radius 1 is 1.29 bits per heavy atom. The SMILES string of the molecule is Fc1cc(-n2nccn2)cc(OC2CC2)c1Br. The molecule has 0 atom stereocenters. The van der Waals surface area contributed by atoms with Crippen LogP contribution >= 0.6 is 15.9 Å². The van der Waals surface area contributed by atoms with Crippen molar-refractivity contribution in [2.75, 3.05) is 0 Å². The van der Waals surface area contributed by atoms with Gasteiger partial charge in [0.1, 0.15) is 11.6 Å². The maximum absolute atomic E-state index is 13.7. The summed E-state index contributed by atoms with van der Waals surface area (Å²) < 4.78 is 19.7. The van der Waals surface area contributed by atoms with Crippen molar-refractivity contribution in [2.24, 2.45) is 0 Å². The molecule has 6 heteroatoms. The van der Waals surface area contributed by atoms with Gasteiger partial charge in [-0.3, -0.25) is 0 Å². The lowest BCUT2D eigenvalue weighted by atomic mass is 10.3. The van der Waals surface area contributed by atoms with Crippen molar-refractivity contribution in [2.45, 2.75) is 18.9 Å². The van der Waals surface area contributed by atoms with Crippen molar-refractivity contribution in [3.63, 3.8) is 0 Å². The van der Waals surface area contributed by atoms with Gasteiger partial charge in [0.15, 0.2) is 0 Å². The van der Waals surface area contributed by atoms with Crippen LogP contribution in [0.5, 0.6) is 5.75 Å². The van der Waals surface area contributed by atoms with Crippen molar-refractivity contribution in [1.82, 2.24) is 15.0 Å². The molecule has 4 nitrogen and oxygen atoms in total. The fourth-order valence-corrected chi connectivity index (χ4v) is 1.79. The van der Waals surface area contributed by atoms with Crippen molar-refractivity contribution in [1.29, 1.82) is 0 Å². The van der Waals surface area contributed by atoms with Crippen LogP contribution in [0.2, 0.25) is 0 Å². The molecule has 2 aromatic rings. The fourth-order valence-electron chi connectivity index (χ4n) is 1.47. The molecule has 1 aliphatic carbocycles. The smallest absolute Gasteiger partial charge is 0.143 e. The first kappa shape index (κ1) is 10.7. The summed E-state index contributed by atoms with van der Waals surface area (Å²) in [4.78, 5) is 1.36. The van der Waals surface area contributed by atoms with Gasteiger partial charge < -0.3 is 4.74 Å². The number of hydrogen-bond donors (Lipinski definition) is 0.